The molecule has 0 bridgehead atoms. The monoisotopic (exact) mass is 413 g/mol. The van der Waals surface area contributed by atoms with Crippen LogP contribution >= 0.6 is 11.3 Å². The molecule has 0 spiro atoms. The quantitative estimate of drug-likeness (QED) is 0.211. The fourth-order valence-electron chi connectivity index (χ4n) is 2.04. The molecule has 1 aromatic heterocycles. The van der Waals surface area contributed by atoms with Crippen LogP contribution in [0.4, 0.5) is 10.8 Å². The van der Waals surface area contributed by atoms with Crippen LogP contribution in [0.15, 0.2) is 48.0 Å². The lowest BCUT2D eigenvalue weighted by Crippen LogP contribution is -2.24. The SMILES string of the molecule is C=CCNC(=O)C(C#N)=Cc1cc([N+](=O)[O-])ccc1OCC(=O)Nc1nccs1. The third-order valence-electron chi connectivity index (χ3n) is 3.31. The second kappa shape index (κ2) is 10.3. The molecule has 1 aromatic carbocycles. The molecule has 1 heterocycles. The number of benzene rings is 1. The summed E-state index contributed by atoms with van der Waals surface area (Å²) in [6.07, 6.45) is 4.12. The van der Waals surface area contributed by atoms with Gasteiger partial charge in [-0.3, -0.25) is 25.0 Å². The summed E-state index contributed by atoms with van der Waals surface area (Å²) in [5.74, 6) is -1.07. The van der Waals surface area contributed by atoms with Gasteiger partial charge < -0.3 is 10.1 Å². The third-order valence-corrected chi connectivity index (χ3v) is 4.00. The Bertz CT molecular complexity index is 995. The standard InChI is InChI=1S/C18H15N5O5S/c1-2-5-20-17(25)13(10-19)8-12-9-14(23(26)27)3-4-15(12)28-11-16(24)22-18-21-6-7-29-18/h2-4,6-9H,1,5,11H2,(H,20,25)(H,21,22,24). The van der Waals surface area contributed by atoms with Crippen molar-refractivity contribution in [1.29, 1.82) is 5.26 Å². The number of ether oxygens (including phenoxy) is 1. The predicted molar refractivity (Wildman–Crippen MR) is 106 cm³/mol. The summed E-state index contributed by atoms with van der Waals surface area (Å²) < 4.78 is 5.43. The van der Waals surface area contributed by atoms with Crippen molar-refractivity contribution in [3.63, 3.8) is 0 Å². The minimum Gasteiger partial charge on any atom is -0.483 e. The molecular weight excluding hydrogens is 398 g/mol. The zero-order valence-electron chi connectivity index (χ0n) is 15.0. The Labute approximate surface area is 169 Å². The molecule has 11 heteroatoms. The van der Waals surface area contributed by atoms with E-state index in [2.05, 4.69) is 22.2 Å². The molecule has 10 nitrogen and oxygen atoms in total. The van der Waals surface area contributed by atoms with E-state index in [-0.39, 0.29) is 29.1 Å². The van der Waals surface area contributed by atoms with Crippen LogP contribution in [0.25, 0.3) is 6.08 Å². The number of nitrogens with zero attached hydrogens (tertiary/aromatic N) is 3. The number of nitro groups is 1. The molecule has 0 aliphatic rings. The van der Waals surface area contributed by atoms with Crippen molar-refractivity contribution in [2.24, 2.45) is 0 Å². The highest BCUT2D eigenvalue weighted by atomic mass is 32.1. The second-order valence-corrected chi connectivity index (χ2v) is 6.22. The van der Waals surface area contributed by atoms with Gasteiger partial charge in [-0.1, -0.05) is 6.08 Å². The maximum absolute atomic E-state index is 12.0. The number of hydrogen-bond acceptors (Lipinski definition) is 8. The number of anilines is 1. The fourth-order valence-corrected chi connectivity index (χ4v) is 2.59. The largest absolute Gasteiger partial charge is 0.483 e. The summed E-state index contributed by atoms with van der Waals surface area (Å²) in [6, 6.07) is 5.36. The van der Waals surface area contributed by atoms with Gasteiger partial charge in [0.15, 0.2) is 11.7 Å². The Morgan fingerprint density at radius 2 is 2.24 bits per heavy atom. The minimum absolute atomic E-state index is 0.0918. The van der Waals surface area contributed by atoms with Gasteiger partial charge in [0, 0.05) is 35.8 Å². The molecule has 2 aromatic rings. The maximum atomic E-state index is 12.0. The Kier molecular flexibility index (Phi) is 7.58. The Morgan fingerprint density at radius 3 is 2.86 bits per heavy atom. The minimum atomic E-state index is -0.675. The molecule has 2 rings (SSSR count). The van der Waals surface area contributed by atoms with Crippen LogP contribution in [0.3, 0.4) is 0 Å². The first-order valence-corrected chi connectivity index (χ1v) is 8.94. The van der Waals surface area contributed by atoms with Crippen molar-refractivity contribution in [2.75, 3.05) is 18.5 Å². The number of hydrogen-bond donors (Lipinski definition) is 2. The molecular formula is C18H15N5O5S. The van der Waals surface area contributed by atoms with Crippen molar-refractivity contribution in [2.45, 2.75) is 0 Å². The van der Waals surface area contributed by atoms with Gasteiger partial charge in [0.2, 0.25) is 0 Å². The van der Waals surface area contributed by atoms with Crippen molar-refractivity contribution in [1.82, 2.24) is 10.3 Å². The number of non-ortho nitro benzene ring substituents is 1. The van der Waals surface area contributed by atoms with E-state index < -0.39 is 23.3 Å². The third kappa shape index (κ3) is 6.26. The molecule has 148 valence electrons. The van der Waals surface area contributed by atoms with Gasteiger partial charge in [-0.25, -0.2) is 4.98 Å². The van der Waals surface area contributed by atoms with Crippen molar-refractivity contribution in [3.05, 3.63) is 63.7 Å². The van der Waals surface area contributed by atoms with E-state index in [9.17, 15) is 25.0 Å². The molecule has 29 heavy (non-hydrogen) atoms. The van der Waals surface area contributed by atoms with Crippen LogP contribution in [0, 0.1) is 21.4 Å². The van der Waals surface area contributed by atoms with E-state index in [1.54, 1.807) is 11.4 Å². The first kappa shape index (κ1) is 21.3. The average Bonchev–Trinajstić information content (AvgIpc) is 3.21. The average molecular weight is 413 g/mol. The highest BCUT2D eigenvalue weighted by Gasteiger charge is 2.15. The highest BCUT2D eigenvalue weighted by molar-refractivity contribution is 7.13. The van der Waals surface area contributed by atoms with E-state index in [4.69, 9.17) is 4.74 Å². The van der Waals surface area contributed by atoms with Crippen molar-refractivity contribution >= 4 is 40.0 Å². The summed E-state index contributed by atoms with van der Waals surface area (Å²) in [5.41, 5.74) is -0.449. The summed E-state index contributed by atoms with van der Waals surface area (Å²) >= 11 is 1.23. The lowest BCUT2D eigenvalue weighted by Gasteiger charge is -2.09. The number of nitrogens with one attached hydrogen (secondary N) is 2. The number of thiazole rings is 1. The van der Waals surface area contributed by atoms with E-state index in [1.807, 2.05) is 0 Å². The Balaban J connectivity index is 2.25. The topological polar surface area (TPSA) is 147 Å². The molecule has 0 fully saturated rings. The zero-order valence-corrected chi connectivity index (χ0v) is 15.8. The summed E-state index contributed by atoms with van der Waals surface area (Å²) in [4.78, 5) is 38.3. The van der Waals surface area contributed by atoms with Crippen LogP contribution in [-0.4, -0.2) is 34.9 Å². The van der Waals surface area contributed by atoms with Gasteiger partial charge in [-0.2, -0.15) is 5.26 Å². The number of carbonyl (C=O) groups excluding carboxylic acids is 2. The van der Waals surface area contributed by atoms with E-state index in [0.717, 1.165) is 12.1 Å². The van der Waals surface area contributed by atoms with Crippen LogP contribution in [0.2, 0.25) is 0 Å². The van der Waals surface area contributed by atoms with Crippen molar-refractivity contribution in [3.8, 4) is 11.8 Å². The van der Waals surface area contributed by atoms with Gasteiger partial charge in [0.25, 0.3) is 17.5 Å². The lowest BCUT2D eigenvalue weighted by atomic mass is 10.1. The normalized spacial score (nSPS) is 10.5. The molecule has 0 radical (unpaired) electrons. The number of nitro benzene ring substituents is 1. The van der Waals surface area contributed by atoms with Crippen LogP contribution < -0.4 is 15.4 Å². The number of amides is 2. The summed E-state index contributed by atoms with van der Waals surface area (Å²) in [6.45, 7) is 3.21. The number of nitriles is 1. The first-order chi connectivity index (χ1) is 13.9. The number of aromatic nitrogens is 1. The first-order valence-electron chi connectivity index (χ1n) is 8.06. The van der Waals surface area contributed by atoms with Crippen LogP contribution in [0.5, 0.6) is 5.75 Å². The predicted octanol–water partition coefficient (Wildman–Crippen LogP) is 2.28. The Hall–Kier alpha value is -4.04. The van der Waals surface area contributed by atoms with Gasteiger partial charge in [0.05, 0.1) is 4.92 Å². The summed E-state index contributed by atoms with van der Waals surface area (Å²) in [5, 5.41) is 27.4. The fraction of sp³-hybridized carbons (Fsp3) is 0.111. The second-order valence-electron chi connectivity index (χ2n) is 5.32. The molecule has 2 amide bonds. The van der Waals surface area contributed by atoms with E-state index in [1.165, 1.54) is 35.7 Å². The maximum Gasteiger partial charge on any atom is 0.270 e. The molecule has 0 unspecified atom stereocenters. The number of rotatable bonds is 9. The molecule has 0 aliphatic heterocycles. The van der Waals surface area contributed by atoms with Gasteiger partial charge in [-0.15, -0.1) is 17.9 Å². The Morgan fingerprint density at radius 1 is 1.45 bits per heavy atom. The van der Waals surface area contributed by atoms with Gasteiger partial charge in [0.1, 0.15) is 17.4 Å². The van der Waals surface area contributed by atoms with E-state index in [0.29, 0.717) is 5.13 Å². The van der Waals surface area contributed by atoms with E-state index >= 15 is 0 Å². The van der Waals surface area contributed by atoms with Crippen LogP contribution in [0.1, 0.15) is 5.56 Å². The smallest absolute Gasteiger partial charge is 0.270 e. The molecule has 0 atom stereocenters. The molecule has 2 N–H and O–H groups in total. The highest BCUT2D eigenvalue weighted by Crippen LogP contribution is 2.26. The van der Waals surface area contributed by atoms with Gasteiger partial charge >= 0.3 is 0 Å². The molecule has 0 saturated carbocycles. The summed E-state index contributed by atoms with van der Waals surface area (Å²) in [7, 11) is 0. The van der Waals surface area contributed by atoms with Crippen LogP contribution in [-0.2, 0) is 9.59 Å². The van der Waals surface area contributed by atoms with Crippen molar-refractivity contribution < 1.29 is 19.2 Å². The lowest BCUT2D eigenvalue weighted by molar-refractivity contribution is -0.384. The molecule has 0 saturated heterocycles. The zero-order chi connectivity index (χ0) is 21.2. The van der Waals surface area contributed by atoms with Gasteiger partial charge in [-0.05, 0) is 12.1 Å². The molecule has 0 aliphatic carbocycles. The number of carbonyl (C=O) groups is 2.